The number of hydrogen-bond acceptors (Lipinski definition) is 3. The van der Waals surface area contributed by atoms with Crippen molar-refractivity contribution in [3.05, 3.63) is 48.1 Å². The Morgan fingerprint density at radius 2 is 1.63 bits per heavy atom. The van der Waals surface area contributed by atoms with Gasteiger partial charge in [-0.05, 0) is 18.2 Å². The zero-order valence-corrected chi connectivity index (χ0v) is 9.40. The number of hydrogen-bond donors (Lipinski definition) is 0. The molecule has 0 N–H and O–H groups in total. The van der Waals surface area contributed by atoms with Crippen molar-refractivity contribution in [2.24, 2.45) is 0 Å². The molecular formula is C13H7F3O3. The van der Waals surface area contributed by atoms with Crippen molar-refractivity contribution in [3.63, 3.8) is 0 Å². The summed E-state index contributed by atoms with van der Waals surface area (Å²) >= 11 is 0. The molecule has 1 aromatic carbocycles. The van der Waals surface area contributed by atoms with Gasteiger partial charge in [-0.2, -0.15) is 13.2 Å². The fourth-order valence-electron chi connectivity index (χ4n) is 2.00. The predicted molar refractivity (Wildman–Crippen MR) is 58.7 cm³/mol. The minimum absolute atomic E-state index is 0.205. The highest BCUT2D eigenvalue weighted by Crippen LogP contribution is 2.47. The number of fused-ring (bicyclic) bond motifs is 1. The standard InChI is InChI=1S/C13H7F3O3/c14-13(15,16)11-7-8(17)5-6-12(11)18-9-3-1-2-4-10(9)19-12/h1-7H. The first-order chi connectivity index (χ1) is 8.91. The van der Waals surface area contributed by atoms with E-state index < -0.39 is 23.3 Å². The monoisotopic (exact) mass is 268 g/mol. The summed E-state index contributed by atoms with van der Waals surface area (Å²) in [6, 6.07) is 6.25. The van der Waals surface area contributed by atoms with Gasteiger partial charge in [0, 0.05) is 12.2 Å². The van der Waals surface area contributed by atoms with Crippen molar-refractivity contribution in [2.75, 3.05) is 0 Å². The van der Waals surface area contributed by atoms with Crippen molar-refractivity contribution in [1.82, 2.24) is 0 Å². The summed E-state index contributed by atoms with van der Waals surface area (Å²) in [5.74, 6) is -2.44. The number of benzene rings is 1. The van der Waals surface area contributed by atoms with Crippen LogP contribution in [-0.2, 0) is 4.79 Å². The Labute approximate surface area is 105 Å². The minimum Gasteiger partial charge on any atom is -0.441 e. The summed E-state index contributed by atoms with van der Waals surface area (Å²) in [7, 11) is 0. The van der Waals surface area contributed by atoms with Gasteiger partial charge < -0.3 is 9.47 Å². The SMILES string of the molecule is O=C1C=CC2(Oc3ccccc3O2)C(C(F)(F)F)=C1. The van der Waals surface area contributed by atoms with Crippen molar-refractivity contribution >= 4 is 5.78 Å². The maximum Gasteiger partial charge on any atom is 0.420 e. The van der Waals surface area contributed by atoms with Gasteiger partial charge in [-0.15, -0.1) is 0 Å². The van der Waals surface area contributed by atoms with Gasteiger partial charge in [0.05, 0.1) is 0 Å². The van der Waals surface area contributed by atoms with Crippen LogP contribution in [0.4, 0.5) is 13.2 Å². The van der Waals surface area contributed by atoms with Gasteiger partial charge in [0.1, 0.15) is 5.57 Å². The molecule has 0 saturated carbocycles. The minimum atomic E-state index is -4.72. The lowest BCUT2D eigenvalue weighted by Crippen LogP contribution is -2.46. The number of allylic oxidation sites excluding steroid dienone is 2. The fourth-order valence-corrected chi connectivity index (χ4v) is 2.00. The van der Waals surface area contributed by atoms with Gasteiger partial charge >= 0.3 is 12.0 Å². The predicted octanol–water partition coefficient (Wildman–Crippen LogP) is 2.78. The zero-order chi connectivity index (χ0) is 13.7. The number of carbonyl (C=O) groups excluding carboxylic acids is 1. The molecule has 6 heteroatoms. The highest BCUT2D eigenvalue weighted by atomic mass is 19.4. The first-order valence-electron chi connectivity index (χ1n) is 5.40. The molecule has 1 spiro atoms. The van der Waals surface area contributed by atoms with E-state index in [0.717, 1.165) is 12.2 Å². The number of ether oxygens (including phenoxy) is 2. The molecule has 0 bridgehead atoms. The molecule has 19 heavy (non-hydrogen) atoms. The molecular weight excluding hydrogens is 261 g/mol. The number of halogens is 3. The van der Waals surface area contributed by atoms with E-state index >= 15 is 0 Å². The Bertz CT molecular complexity index is 589. The normalized spacial score (nSPS) is 19.7. The quantitative estimate of drug-likeness (QED) is 0.725. The fraction of sp³-hybridized carbons (Fsp3) is 0.154. The molecule has 0 saturated heterocycles. The van der Waals surface area contributed by atoms with E-state index in [1.54, 1.807) is 12.1 Å². The van der Waals surface area contributed by atoms with Gasteiger partial charge in [-0.3, -0.25) is 4.79 Å². The largest absolute Gasteiger partial charge is 0.441 e. The summed E-state index contributed by atoms with van der Waals surface area (Å²) in [5.41, 5.74) is -1.16. The molecule has 0 unspecified atom stereocenters. The van der Waals surface area contributed by atoms with Crippen LogP contribution in [-0.4, -0.2) is 17.7 Å². The van der Waals surface area contributed by atoms with Gasteiger partial charge in [0.2, 0.25) is 0 Å². The van der Waals surface area contributed by atoms with E-state index in [-0.39, 0.29) is 11.5 Å². The molecule has 3 rings (SSSR count). The summed E-state index contributed by atoms with van der Waals surface area (Å²) in [6.45, 7) is 0. The van der Waals surface area contributed by atoms with Crippen molar-refractivity contribution in [1.29, 1.82) is 0 Å². The highest BCUT2D eigenvalue weighted by Gasteiger charge is 2.55. The molecule has 1 aliphatic heterocycles. The van der Waals surface area contributed by atoms with E-state index in [1.165, 1.54) is 12.1 Å². The third-order valence-corrected chi connectivity index (χ3v) is 2.81. The van der Waals surface area contributed by atoms with Gasteiger partial charge in [-0.25, -0.2) is 0 Å². The van der Waals surface area contributed by atoms with Gasteiger partial charge in [-0.1, -0.05) is 12.1 Å². The second kappa shape index (κ2) is 3.63. The van der Waals surface area contributed by atoms with Crippen LogP contribution in [0.1, 0.15) is 0 Å². The molecule has 0 aromatic heterocycles. The molecule has 2 aliphatic rings. The highest BCUT2D eigenvalue weighted by molar-refractivity contribution is 6.01. The van der Waals surface area contributed by atoms with Crippen LogP contribution in [0, 0.1) is 0 Å². The van der Waals surface area contributed by atoms with Crippen LogP contribution in [0.5, 0.6) is 11.5 Å². The molecule has 0 fully saturated rings. The number of rotatable bonds is 0. The summed E-state index contributed by atoms with van der Waals surface area (Å²) in [4.78, 5) is 11.2. The van der Waals surface area contributed by atoms with Crippen molar-refractivity contribution in [3.8, 4) is 11.5 Å². The van der Waals surface area contributed by atoms with Crippen molar-refractivity contribution < 1.29 is 27.4 Å². The molecule has 0 radical (unpaired) electrons. The lowest BCUT2D eigenvalue weighted by Gasteiger charge is -2.29. The second-order valence-corrected chi connectivity index (χ2v) is 4.11. The van der Waals surface area contributed by atoms with Gasteiger partial charge in [0.15, 0.2) is 17.3 Å². The summed E-state index contributed by atoms with van der Waals surface area (Å²) < 4.78 is 49.6. The molecule has 0 amide bonds. The lowest BCUT2D eigenvalue weighted by atomic mass is 9.98. The number of carbonyl (C=O) groups is 1. The molecule has 1 aromatic rings. The van der Waals surface area contributed by atoms with Crippen LogP contribution in [0.2, 0.25) is 0 Å². The number of ketones is 1. The first-order valence-corrected chi connectivity index (χ1v) is 5.40. The lowest BCUT2D eigenvalue weighted by molar-refractivity contribution is -0.138. The first kappa shape index (κ1) is 11.8. The Kier molecular flexibility index (Phi) is 2.26. The second-order valence-electron chi connectivity index (χ2n) is 4.11. The smallest absolute Gasteiger partial charge is 0.420 e. The maximum atomic E-state index is 13.0. The van der Waals surface area contributed by atoms with E-state index in [4.69, 9.17) is 9.47 Å². The maximum absolute atomic E-state index is 13.0. The topological polar surface area (TPSA) is 35.5 Å². The van der Waals surface area contributed by atoms with E-state index in [2.05, 4.69) is 0 Å². The zero-order valence-electron chi connectivity index (χ0n) is 9.40. The Balaban J connectivity index is 2.08. The third-order valence-electron chi connectivity index (χ3n) is 2.81. The number of alkyl halides is 3. The van der Waals surface area contributed by atoms with E-state index in [1.807, 2.05) is 0 Å². The molecule has 1 heterocycles. The van der Waals surface area contributed by atoms with E-state index in [9.17, 15) is 18.0 Å². The van der Waals surface area contributed by atoms with Crippen LogP contribution >= 0.6 is 0 Å². The third kappa shape index (κ3) is 1.80. The Morgan fingerprint density at radius 3 is 2.16 bits per heavy atom. The van der Waals surface area contributed by atoms with Crippen LogP contribution in [0.3, 0.4) is 0 Å². The summed E-state index contributed by atoms with van der Waals surface area (Å²) in [6.07, 6.45) is -2.24. The van der Waals surface area contributed by atoms with Crippen molar-refractivity contribution in [2.45, 2.75) is 12.0 Å². The van der Waals surface area contributed by atoms with Crippen LogP contribution < -0.4 is 9.47 Å². The summed E-state index contributed by atoms with van der Waals surface area (Å²) in [5, 5.41) is 0. The molecule has 3 nitrogen and oxygen atoms in total. The Hall–Kier alpha value is -2.24. The van der Waals surface area contributed by atoms with Gasteiger partial charge in [0.25, 0.3) is 0 Å². The van der Waals surface area contributed by atoms with Crippen LogP contribution in [0.25, 0.3) is 0 Å². The molecule has 1 aliphatic carbocycles. The molecule has 98 valence electrons. The number of para-hydroxylation sites is 2. The Morgan fingerprint density at radius 1 is 1.05 bits per heavy atom. The van der Waals surface area contributed by atoms with E-state index in [0.29, 0.717) is 6.08 Å². The van der Waals surface area contributed by atoms with Crippen LogP contribution in [0.15, 0.2) is 48.1 Å². The molecule has 0 atom stereocenters. The average molecular weight is 268 g/mol. The average Bonchev–Trinajstić information content (AvgIpc) is 2.70.